The van der Waals surface area contributed by atoms with Crippen molar-refractivity contribution in [2.45, 2.75) is 40.2 Å². The van der Waals surface area contributed by atoms with Crippen molar-refractivity contribution >= 4 is 10.9 Å². The van der Waals surface area contributed by atoms with Crippen LogP contribution in [0.15, 0.2) is 27.4 Å². The molecule has 0 unspecified atom stereocenters. The van der Waals surface area contributed by atoms with Gasteiger partial charge in [0.25, 0.3) is 11.4 Å². The number of fused-ring (bicyclic) bond motifs is 2. The standard InChI is InChI=1S/C19H18N4O2/c1-12-21-22-17(25-12)7-5-13-4-6-14-15(10-13)20-16-8-9-19(2,3)11-23(16)18(14)24/h4,6,10H,8-9,11H2,1-3H3. The fraction of sp³-hybridized carbons (Fsp3) is 0.368. The van der Waals surface area contributed by atoms with Crippen molar-refractivity contribution < 1.29 is 4.42 Å². The van der Waals surface area contributed by atoms with Gasteiger partial charge in [0.2, 0.25) is 5.89 Å². The molecule has 1 aromatic carbocycles. The Kier molecular flexibility index (Phi) is 3.46. The van der Waals surface area contributed by atoms with Gasteiger partial charge in [-0.05, 0) is 36.0 Å². The number of rotatable bonds is 0. The highest BCUT2D eigenvalue weighted by molar-refractivity contribution is 5.79. The van der Waals surface area contributed by atoms with Crippen molar-refractivity contribution in [1.29, 1.82) is 0 Å². The molecule has 3 heterocycles. The van der Waals surface area contributed by atoms with E-state index >= 15 is 0 Å². The van der Waals surface area contributed by atoms with Crippen LogP contribution in [0.2, 0.25) is 0 Å². The maximum atomic E-state index is 12.8. The van der Waals surface area contributed by atoms with E-state index in [1.54, 1.807) is 13.0 Å². The second kappa shape index (κ2) is 5.55. The quantitative estimate of drug-likeness (QED) is 0.591. The summed E-state index contributed by atoms with van der Waals surface area (Å²) in [5.74, 6) is 7.43. The van der Waals surface area contributed by atoms with Crippen LogP contribution < -0.4 is 5.56 Å². The van der Waals surface area contributed by atoms with Crippen LogP contribution in [0, 0.1) is 24.2 Å². The third kappa shape index (κ3) is 2.93. The van der Waals surface area contributed by atoms with E-state index in [-0.39, 0.29) is 16.9 Å². The molecule has 2 aromatic heterocycles. The van der Waals surface area contributed by atoms with Crippen molar-refractivity contribution in [3.05, 3.63) is 51.7 Å². The molecular weight excluding hydrogens is 316 g/mol. The predicted octanol–water partition coefficient (Wildman–Crippen LogP) is 2.46. The molecule has 3 aromatic rings. The lowest BCUT2D eigenvalue weighted by molar-refractivity contribution is 0.240. The normalized spacial score (nSPS) is 15.5. The second-order valence-electron chi connectivity index (χ2n) is 7.19. The highest BCUT2D eigenvalue weighted by Gasteiger charge is 2.27. The molecule has 126 valence electrons. The fourth-order valence-electron chi connectivity index (χ4n) is 3.13. The van der Waals surface area contributed by atoms with Gasteiger partial charge in [-0.1, -0.05) is 24.9 Å². The van der Waals surface area contributed by atoms with Gasteiger partial charge in [-0.2, -0.15) is 0 Å². The number of aryl methyl sites for hydroxylation is 2. The van der Waals surface area contributed by atoms with Crippen molar-refractivity contribution in [3.63, 3.8) is 0 Å². The molecule has 0 saturated carbocycles. The third-order valence-corrected chi connectivity index (χ3v) is 4.49. The van der Waals surface area contributed by atoms with Gasteiger partial charge in [-0.3, -0.25) is 9.36 Å². The Morgan fingerprint density at radius 3 is 2.84 bits per heavy atom. The molecule has 0 amide bonds. The molecule has 0 radical (unpaired) electrons. The number of hydrogen-bond acceptors (Lipinski definition) is 5. The van der Waals surface area contributed by atoms with Crippen LogP contribution in [-0.2, 0) is 13.0 Å². The molecule has 0 atom stereocenters. The third-order valence-electron chi connectivity index (χ3n) is 4.49. The van der Waals surface area contributed by atoms with Gasteiger partial charge in [0.1, 0.15) is 5.82 Å². The lowest BCUT2D eigenvalue weighted by atomic mass is 9.85. The SMILES string of the molecule is Cc1nnc(C#Cc2ccc3c(=O)n4c(nc3c2)CCC(C)(C)C4)o1. The minimum atomic E-state index is 0.0276. The minimum absolute atomic E-state index is 0.0276. The van der Waals surface area contributed by atoms with Gasteiger partial charge in [0.15, 0.2) is 0 Å². The molecular formula is C19H18N4O2. The summed E-state index contributed by atoms with van der Waals surface area (Å²) in [5.41, 5.74) is 1.60. The van der Waals surface area contributed by atoms with E-state index in [1.807, 2.05) is 16.7 Å². The molecule has 1 aliphatic rings. The van der Waals surface area contributed by atoms with Crippen molar-refractivity contribution in [2.75, 3.05) is 0 Å². The number of hydrogen-bond donors (Lipinski definition) is 0. The smallest absolute Gasteiger partial charge is 0.294 e. The summed E-state index contributed by atoms with van der Waals surface area (Å²) in [7, 11) is 0. The molecule has 0 aliphatic carbocycles. The van der Waals surface area contributed by atoms with Crippen molar-refractivity contribution in [3.8, 4) is 11.8 Å². The van der Waals surface area contributed by atoms with E-state index in [1.165, 1.54) is 0 Å². The van der Waals surface area contributed by atoms with Crippen LogP contribution in [0.3, 0.4) is 0 Å². The van der Waals surface area contributed by atoms with E-state index in [4.69, 9.17) is 9.40 Å². The minimum Gasteiger partial charge on any atom is -0.415 e. The van der Waals surface area contributed by atoms with Crippen LogP contribution in [0.1, 0.15) is 43.4 Å². The summed E-state index contributed by atoms with van der Waals surface area (Å²) in [6.07, 6.45) is 1.84. The van der Waals surface area contributed by atoms with Crippen LogP contribution in [0.25, 0.3) is 10.9 Å². The Balaban J connectivity index is 1.77. The number of nitrogens with zero attached hydrogens (tertiary/aromatic N) is 4. The summed E-state index contributed by atoms with van der Waals surface area (Å²) in [4.78, 5) is 17.5. The maximum absolute atomic E-state index is 12.8. The molecule has 25 heavy (non-hydrogen) atoms. The number of benzene rings is 1. The molecule has 0 N–H and O–H groups in total. The first kappa shape index (κ1) is 15.6. The fourth-order valence-corrected chi connectivity index (χ4v) is 3.13. The van der Waals surface area contributed by atoms with E-state index in [2.05, 4.69) is 35.9 Å². The van der Waals surface area contributed by atoms with Gasteiger partial charge in [0, 0.05) is 25.5 Å². The topological polar surface area (TPSA) is 73.8 Å². The zero-order valence-electron chi connectivity index (χ0n) is 14.5. The van der Waals surface area contributed by atoms with Crippen molar-refractivity contribution in [1.82, 2.24) is 19.7 Å². The van der Waals surface area contributed by atoms with Crippen LogP contribution in [-0.4, -0.2) is 19.7 Å². The van der Waals surface area contributed by atoms with Gasteiger partial charge in [-0.15, -0.1) is 5.10 Å². The largest absolute Gasteiger partial charge is 0.415 e. The molecule has 6 heteroatoms. The van der Waals surface area contributed by atoms with E-state index in [9.17, 15) is 4.79 Å². The predicted molar refractivity (Wildman–Crippen MR) is 93.1 cm³/mol. The first-order chi connectivity index (χ1) is 11.9. The van der Waals surface area contributed by atoms with Gasteiger partial charge < -0.3 is 4.42 Å². The highest BCUT2D eigenvalue weighted by Crippen LogP contribution is 2.29. The molecule has 0 bridgehead atoms. The lowest BCUT2D eigenvalue weighted by Crippen LogP contribution is -2.36. The van der Waals surface area contributed by atoms with Gasteiger partial charge >= 0.3 is 0 Å². The molecule has 0 spiro atoms. The zero-order chi connectivity index (χ0) is 17.6. The maximum Gasteiger partial charge on any atom is 0.294 e. The Labute approximate surface area is 144 Å². The highest BCUT2D eigenvalue weighted by atomic mass is 16.4. The summed E-state index contributed by atoms with van der Waals surface area (Å²) in [6.45, 7) is 6.80. The monoisotopic (exact) mass is 334 g/mol. The molecule has 0 fully saturated rings. The van der Waals surface area contributed by atoms with Crippen molar-refractivity contribution in [2.24, 2.45) is 5.41 Å². The number of aromatic nitrogens is 4. The Hall–Kier alpha value is -2.94. The zero-order valence-corrected chi connectivity index (χ0v) is 14.5. The molecule has 4 rings (SSSR count). The molecule has 0 saturated heterocycles. The van der Waals surface area contributed by atoms with Crippen LogP contribution >= 0.6 is 0 Å². The Bertz CT molecular complexity index is 1100. The first-order valence-corrected chi connectivity index (χ1v) is 8.27. The Morgan fingerprint density at radius 2 is 2.08 bits per heavy atom. The summed E-state index contributed by atoms with van der Waals surface area (Å²) in [6, 6.07) is 5.46. The van der Waals surface area contributed by atoms with Crippen LogP contribution in [0.4, 0.5) is 0 Å². The van der Waals surface area contributed by atoms with E-state index in [0.29, 0.717) is 23.3 Å². The summed E-state index contributed by atoms with van der Waals surface area (Å²) in [5, 5.41) is 8.22. The van der Waals surface area contributed by atoms with Crippen LogP contribution in [0.5, 0.6) is 0 Å². The van der Waals surface area contributed by atoms with E-state index < -0.39 is 0 Å². The van der Waals surface area contributed by atoms with Gasteiger partial charge in [0.05, 0.1) is 10.9 Å². The van der Waals surface area contributed by atoms with Gasteiger partial charge in [-0.25, -0.2) is 4.98 Å². The van der Waals surface area contributed by atoms with E-state index in [0.717, 1.165) is 24.2 Å². The first-order valence-electron chi connectivity index (χ1n) is 8.27. The lowest BCUT2D eigenvalue weighted by Gasteiger charge is -2.31. The molecule has 1 aliphatic heterocycles. The Morgan fingerprint density at radius 1 is 1.24 bits per heavy atom. The molecule has 6 nitrogen and oxygen atoms in total. The average molecular weight is 334 g/mol. The average Bonchev–Trinajstić information content (AvgIpc) is 2.99. The summed E-state index contributed by atoms with van der Waals surface area (Å²) >= 11 is 0. The summed E-state index contributed by atoms with van der Waals surface area (Å²) < 4.78 is 7.06. The second-order valence-corrected chi connectivity index (χ2v) is 7.19.